The molecule has 0 aliphatic rings. The average molecular weight is 293 g/mol. The van der Waals surface area contributed by atoms with Crippen molar-refractivity contribution in [3.63, 3.8) is 0 Å². The number of rotatable bonds is 5. The van der Waals surface area contributed by atoms with Crippen molar-refractivity contribution in [1.29, 1.82) is 0 Å². The van der Waals surface area contributed by atoms with E-state index in [0.29, 0.717) is 11.8 Å². The molecule has 0 aromatic carbocycles. The van der Waals surface area contributed by atoms with Gasteiger partial charge in [0.05, 0.1) is 5.39 Å². The molecule has 0 aliphatic heterocycles. The van der Waals surface area contributed by atoms with Gasteiger partial charge >= 0.3 is 0 Å². The maximum atomic E-state index is 12.0. The van der Waals surface area contributed by atoms with Gasteiger partial charge in [0.25, 0.3) is 0 Å². The highest BCUT2D eigenvalue weighted by Crippen LogP contribution is 2.26. The summed E-state index contributed by atoms with van der Waals surface area (Å²) in [6.07, 6.45) is 0. The summed E-state index contributed by atoms with van der Waals surface area (Å²) in [5, 5.41) is 11.8. The number of carbonyl (C=O) groups excluding carboxylic acids is 1. The van der Waals surface area contributed by atoms with E-state index in [9.17, 15) is 4.79 Å². The summed E-state index contributed by atoms with van der Waals surface area (Å²) in [6, 6.07) is 1.71. The second-order valence-corrected chi connectivity index (χ2v) is 5.71. The molecule has 0 bridgehead atoms. The Morgan fingerprint density at radius 2 is 2.05 bits per heavy atom. The molecule has 0 aliphatic carbocycles. The normalized spacial score (nSPS) is 12.4. The summed E-state index contributed by atoms with van der Waals surface area (Å²) >= 11 is 1.55. The molecule has 108 valence electrons. The number of aromatic nitrogens is 2. The van der Waals surface area contributed by atoms with Gasteiger partial charge in [-0.25, -0.2) is 4.98 Å². The fourth-order valence-electron chi connectivity index (χ4n) is 1.76. The number of nitrogens with zero attached hydrogens (tertiary/aromatic N) is 2. The molecule has 7 heteroatoms. The van der Waals surface area contributed by atoms with Gasteiger partial charge in [-0.05, 0) is 32.2 Å². The first kappa shape index (κ1) is 14.5. The Bertz CT molecular complexity index is 610. The van der Waals surface area contributed by atoms with Crippen LogP contribution in [0.4, 0.5) is 11.8 Å². The molecule has 0 saturated heterocycles. The lowest BCUT2D eigenvalue weighted by molar-refractivity contribution is -0.122. The van der Waals surface area contributed by atoms with E-state index in [1.165, 1.54) is 0 Å². The lowest BCUT2D eigenvalue weighted by atomic mass is 10.2. The average Bonchev–Trinajstić information content (AvgIpc) is 2.86. The van der Waals surface area contributed by atoms with Gasteiger partial charge in [-0.2, -0.15) is 4.98 Å². The molecular weight excluding hydrogens is 274 g/mol. The number of nitrogens with one attached hydrogen (secondary N) is 3. The molecule has 3 N–H and O–H groups in total. The highest BCUT2D eigenvalue weighted by Gasteiger charge is 2.16. The Labute approximate surface area is 122 Å². The van der Waals surface area contributed by atoms with Crippen molar-refractivity contribution in [2.75, 3.05) is 17.7 Å². The van der Waals surface area contributed by atoms with Gasteiger partial charge in [-0.1, -0.05) is 0 Å². The molecule has 0 saturated carbocycles. The van der Waals surface area contributed by atoms with Gasteiger partial charge < -0.3 is 16.0 Å². The fraction of sp³-hybridized carbons (Fsp3) is 0.462. The van der Waals surface area contributed by atoms with E-state index in [1.54, 1.807) is 18.4 Å². The molecule has 2 heterocycles. The Morgan fingerprint density at radius 3 is 2.70 bits per heavy atom. The monoisotopic (exact) mass is 293 g/mol. The molecular formula is C13H19N5OS. The van der Waals surface area contributed by atoms with Gasteiger partial charge in [-0.3, -0.25) is 4.79 Å². The summed E-state index contributed by atoms with van der Waals surface area (Å²) in [5.74, 6) is 1.17. The van der Waals surface area contributed by atoms with Gasteiger partial charge in [0.15, 0.2) is 0 Å². The largest absolute Gasteiger partial charge is 0.358 e. The minimum absolute atomic E-state index is 0.0481. The smallest absolute Gasteiger partial charge is 0.242 e. The Hall–Kier alpha value is -1.89. The van der Waals surface area contributed by atoms with Crippen LogP contribution in [0.2, 0.25) is 0 Å². The number of hydrogen-bond donors (Lipinski definition) is 3. The molecule has 2 aromatic rings. The third kappa shape index (κ3) is 3.16. The van der Waals surface area contributed by atoms with Crippen LogP contribution in [0.5, 0.6) is 0 Å². The number of carbonyl (C=O) groups is 1. The minimum Gasteiger partial charge on any atom is -0.358 e. The first-order valence-corrected chi connectivity index (χ1v) is 7.39. The molecule has 20 heavy (non-hydrogen) atoms. The van der Waals surface area contributed by atoms with Crippen molar-refractivity contribution in [1.82, 2.24) is 15.3 Å². The quantitative estimate of drug-likeness (QED) is 0.786. The Balaban J connectivity index is 2.24. The van der Waals surface area contributed by atoms with Crippen LogP contribution < -0.4 is 16.0 Å². The second kappa shape index (κ2) is 6.04. The van der Waals surface area contributed by atoms with Gasteiger partial charge in [-0.15, -0.1) is 11.3 Å². The van der Waals surface area contributed by atoms with E-state index in [1.807, 2.05) is 32.2 Å². The van der Waals surface area contributed by atoms with E-state index in [-0.39, 0.29) is 18.0 Å². The summed E-state index contributed by atoms with van der Waals surface area (Å²) in [7, 11) is 1.77. The van der Waals surface area contributed by atoms with Crippen molar-refractivity contribution in [3.8, 4) is 0 Å². The van der Waals surface area contributed by atoms with E-state index in [2.05, 4.69) is 25.9 Å². The van der Waals surface area contributed by atoms with Crippen LogP contribution in [-0.2, 0) is 4.79 Å². The molecule has 2 aromatic heterocycles. The maximum absolute atomic E-state index is 12.0. The SMILES string of the molecule is CNc1nc(NC(C)C(=O)NC(C)C)c2ccsc2n1. The molecule has 0 fully saturated rings. The third-order valence-electron chi connectivity index (χ3n) is 2.73. The van der Waals surface area contributed by atoms with Crippen LogP contribution in [0.15, 0.2) is 11.4 Å². The van der Waals surface area contributed by atoms with Crippen molar-refractivity contribution >= 4 is 39.2 Å². The van der Waals surface area contributed by atoms with Crippen molar-refractivity contribution in [2.45, 2.75) is 32.9 Å². The lowest BCUT2D eigenvalue weighted by Crippen LogP contribution is -2.41. The van der Waals surface area contributed by atoms with Crippen molar-refractivity contribution < 1.29 is 4.79 Å². The number of thiophene rings is 1. The summed E-state index contributed by atoms with van der Waals surface area (Å²) in [4.78, 5) is 21.6. The highest BCUT2D eigenvalue weighted by molar-refractivity contribution is 7.16. The summed E-state index contributed by atoms with van der Waals surface area (Å²) in [5.41, 5.74) is 0. The molecule has 1 amide bonds. The highest BCUT2D eigenvalue weighted by atomic mass is 32.1. The van der Waals surface area contributed by atoms with Gasteiger partial charge in [0.2, 0.25) is 11.9 Å². The van der Waals surface area contributed by atoms with Crippen LogP contribution in [0.3, 0.4) is 0 Å². The molecule has 0 radical (unpaired) electrons. The van der Waals surface area contributed by atoms with E-state index in [0.717, 1.165) is 10.2 Å². The van der Waals surface area contributed by atoms with Gasteiger partial charge in [0, 0.05) is 13.1 Å². The van der Waals surface area contributed by atoms with Crippen LogP contribution in [0.1, 0.15) is 20.8 Å². The fourth-order valence-corrected chi connectivity index (χ4v) is 2.52. The molecule has 6 nitrogen and oxygen atoms in total. The molecule has 2 rings (SSSR count). The van der Waals surface area contributed by atoms with Crippen LogP contribution in [0.25, 0.3) is 10.2 Å². The zero-order chi connectivity index (χ0) is 14.7. The maximum Gasteiger partial charge on any atom is 0.242 e. The Kier molecular flexibility index (Phi) is 4.39. The number of amides is 1. The third-order valence-corrected chi connectivity index (χ3v) is 3.53. The minimum atomic E-state index is -0.361. The van der Waals surface area contributed by atoms with Crippen molar-refractivity contribution in [2.24, 2.45) is 0 Å². The van der Waals surface area contributed by atoms with Crippen molar-refractivity contribution in [3.05, 3.63) is 11.4 Å². The van der Waals surface area contributed by atoms with Gasteiger partial charge in [0.1, 0.15) is 16.7 Å². The van der Waals surface area contributed by atoms with Crippen LogP contribution in [-0.4, -0.2) is 35.0 Å². The molecule has 1 unspecified atom stereocenters. The zero-order valence-electron chi connectivity index (χ0n) is 12.0. The number of fused-ring (bicyclic) bond motifs is 1. The first-order valence-electron chi connectivity index (χ1n) is 6.51. The number of anilines is 2. The lowest BCUT2D eigenvalue weighted by Gasteiger charge is -2.17. The second-order valence-electron chi connectivity index (χ2n) is 4.81. The predicted molar refractivity (Wildman–Crippen MR) is 83.3 cm³/mol. The summed E-state index contributed by atoms with van der Waals surface area (Å²) in [6.45, 7) is 5.69. The number of hydrogen-bond acceptors (Lipinski definition) is 6. The predicted octanol–water partition coefficient (Wildman–Crippen LogP) is 2.06. The topological polar surface area (TPSA) is 78.9 Å². The van der Waals surface area contributed by atoms with Crippen LogP contribution in [0, 0.1) is 0 Å². The van der Waals surface area contributed by atoms with E-state index >= 15 is 0 Å². The van der Waals surface area contributed by atoms with E-state index < -0.39 is 0 Å². The molecule has 0 spiro atoms. The molecule has 1 atom stereocenters. The van der Waals surface area contributed by atoms with Crippen LogP contribution >= 0.6 is 11.3 Å². The Morgan fingerprint density at radius 1 is 1.30 bits per heavy atom. The first-order chi connectivity index (χ1) is 9.51. The summed E-state index contributed by atoms with van der Waals surface area (Å²) < 4.78 is 0. The standard InChI is InChI=1S/C13H19N5OS/c1-7(2)15-11(19)8(3)16-10-9-5-6-20-12(9)18-13(14-4)17-10/h5-8H,1-4H3,(H,15,19)(H2,14,16,17,18). The zero-order valence-corrected chi connectivity index (χ0v) is 12.8. The van der Waals surface area contributed by atoms with E-state index in [4.69, 9.17) is 0 Å².